The molecule has 1 spiro atoms. The van der Waals surface area contributed by atoms with E-state index in [4.69, 9.17) is 10.5 Å². The van der Waals surface area contributed by atoms with Crippen LogP contribution >= 0.6 is 11.8 Å². The molecule has 2 saturated heterocycles. The van der Waals surface area contributed by atoms with Gasteiger partial charge in [0.2, 0.25) is 0 Å². The van der Waals surface area contributed by atoms with Crippen molar-refractivity contribution in [1.82, 2.24) is 0 Å². The number of thioether (sulfide) groups is 1. The van der Waals surface area contributed by atoms with Crippen LogP contribution in [0.2, 0.25) is 0 Å². The summed E-state index contributed by atoms with van der Waals surface area (Å²) >= 11 is 1.94. The molecule has 0 aliphatic carbocycles. The zero-order valence-corrected chi connectivity index (χ0v) is 12.4. The Labute approximate surface area is 114 Å². The van der Waals surface area contributed by atoms with Gasteiger partial charge in [-0.15, -0.1) is 0 Å². The summed E-state index contributed by atoms with van der Waals surface area (Å²) in [5, 5.41) is 0. The van der Waals surface area contributed by atoms with Gasteiger partial charge in [-0.3, -0.25) is 4.79 Å². The van der Waals surface area contributed by atoms with Crippen LogP contribution in [0.1, 0.15) is 46.0 Å². The molecule has 3 nitrogen and oxygen atoms in total. The second-order valence-corrected chi connectivity index (χ2v) is 7.16. The number of carbonyl (C=O) groups excluding carboxylic acids is 1. The average Bonchev–Trinajstić information content (AvgIpc) is 2.76. The van der Waals surface area contributed by atoms with Crippen molar-refractivity contribution in [2.75, 3.05) is 18.1 Å². The maximum atomic E-state index is 12.6. The van der Waals surface area contributed by atoms with Crippen molar-refractivity contribution in [1.29, 1.82) is 0 Å². The van der Waals surface area contributed by atoms with Gasteiger partial charge in [-0.25, -0.2) is 0 Å². The topological polar surface area (TPSA) is 52.3 Å². The molecular formula is C14H25NO2S. The molecule has 3 atom stereocenters. The predicted octanol–water partition coefficient (Wildman–Crippen LogP) is 2.38. The Morgan fingerprint density at radius 3 is 3.00 bits per heavy atom. The largest absolute Gasteiger partial charge is 0.374 e. The molecule has 2 N–H and O–H groups in total. The highest BCUT2D eigenvalue weighted by molar-refractivity contribution is 7.99. The Balaban J connectivity index is 2.02. The summed E-state index contributed by atoms with van der Waals surface area (Å²) < 4.78 is 5.97. The Bertz CT molecular complexity index is 311. The molecule has 2 fully saturated rings. The third kappa shape index (κ3) is 2.91. The van der Waals surface area contributed by atoms with Gasteiger partial charge in [0.25, 0.3) is 0 Å². The number of rotatable bonds is 4. The van der Waals surface area contributed by atoms with Crippen molar-refractivity contribution in [2.45, 2.75) is 57.1 Å². The molecule has 0 amide bonds. The molecule has 3 unspecified atom stereocenters. The summed E-state index contributed by atoms with van der Waals surface area (Å²) in [5.74, 6) is 2.57. The summed E-state index contributed by atoms with van der Waals surface area (Å²) in [6, 6.07) is 0. The molecule has 104 valence electrons. The molecule has 0 aromatic rings. The molecule has 2 heterocycles. The first-order valence-corrected chi connectivity index (χ1v) is 8.19. The third-order valence-electron chi connectivity index (χ3n) is 4.26. The van der Waals surface area contributed by atoms with E-state index in [1.165, 1.54) is 0 Å². The van der Waals surface area contributed by atoms with Crippen molar-refractivity contribution in [3.05, 3.63) is 0 Å². The third-order valence-corrected chi connectivity index (χ3v) is 5.49. The first kappa shape index (κ1) is 14.4. The standard InChI is InChI=1S/C14H25NO2S/c1-3-5-13(2,15)12(16)11-4-7-17-14(9-11)6-8-18-10-14/h11H,3-10,15H2,1-2H3. The van der Waals surface area contributed by atoms with Gasteiger partial charge in [0.1, 0.15) is 0 Å². The zero-order valence-electron chi connectivity index (χ0n) is 11.5. The highest BCUT2D eigenvalue weighted by atomic mass is 32.2. The van der Waals surface area contributed by atoms with Crippen LogP contribution in [0.4, 0.5) is 0 Å². The van der Waals surface area contributed by atoms with E-state index < -0.39 is 5.54 Å². The van der Waals surface area contributed by atoms with Gasteiger partial charge >= 0.3 is 0 Å². The smallest absolute Gasteiger partial charge is 0.155 e. The summed E-state index contributed by atoms with van der Waals surface area (Å²) in [7, 11) is 0. The van der Waals surface area contributed by atoms with Crippen LogP contribution < -0.4 is 5.73 Å². The highest BCUT2D eigenvalue weighted by Gasteiger charge is 2.45. The van der Waals surface area contributed by atoms with E-state index in [2.05, 4.69) is 6.92 Å². The molecule has 2 rings (SSSR count). The summed E-state index contributed by atoms with van der Waals surface area (Å²) in [6.07, 6.45) is 4.57. The number of hydrogen-bond acceptors (Lipinski definition) is 4. The molecule has 0 bridgehead atoms. The predicted molar refractivity (Wildman–Crippen MR) is 75.9 cm³/mol. The molecule has 2 aliphatic rings. The minimum atomic E-state index is -0.649. The lowest BCUT2D eigenvalue weighted by Crippen LogP contribution is -2.52. The molecule has 0 saturated carbocycles. The lowest BCUT2D eigenvalue weighted by Gasteiger charge is -2.39. The minimum absolute atomic E-state index is 0.0223. The van der Waals surface area contributed by atoms with Crippen molar-refractivity contribution in [3.8, 4) is 0 Å². The van der Waals surface area contributed by atoms with Crippen LogP contribution in [0.3, 0.4) is 0 Å². The van der Waals surface area contributed by atoms with Crippen LogP contribution in [0.15, 0.2) is 0 Å². The normalized spacial score (nSPS) is 35.6. The van der Waals surface area contributed by atoms with Crippen molar-refractivity contribution < 1.29 is 9.53 Å². The quantitative estimate of drug-likeness (QED) is 0.853. The molecular weight excluding hydrogens is 246 g/mol. The Morgan fingerprint density at radius 1 is 1.61 bits per heavy atom. The fraction of sp³-hybridized carbons (Fsp3) is 0.929. The van der Waals surface area contributed by atoms with Crippen LogP contribution in [-0.2, 0) is 9.53 Å². The van der Waals surface area contributed by atoms with Gasteiger partial charge in [-0.1, -0.05) is 13.3 Å². The van der Waals surface area contributed by atoms with Crippen LogP contribution in [-0.4, -0.2) is 35.0 Å². The zero-order chi connectivity index (χ0) is 13.2. The van der Waals surface area contributed by atoms with Crippen molar-refractivity contribution in [2.24, 2.45) is 11.7 Å². The maximum Gasteiger partial charge on any atom is 0.155 e. The Morgan fingerprint density at radius 2 is 2.39 bits per heavy atom. The Kier molecular flexibility index (Phi) is 4.40. The van der Waals surface area contributed by atoms with Crippen LogP contribution in [0, 0.1) is 5.92 Å². The highest BCUT2D eigenvalue weighted by Crippen LogP contribution is 2.41. The van der Waals surface area contributed by atoms with E-state index >= 15 is 0 Å². The van der Waals surface area contributed by atoms with Gasteiger partial charge < -0.3 is 10.5 Å². The number of Topliss-reactive ketones (excluding diaryl/α,β-unsaturated/α-hetero) is 1. The SMILES string of the molecule is CCCC(C)(N)C(=O)C1CCOC2(CCSC2)C1. The maximum absolute atomic E-state index is 12.6. The number of nitrogens with two attached hydrogens (primary N) is 1. The monoisotopic (exact) mass is 271 g/mol. The first-order valence-electron chi connectivity index (χ1n) is 7.04. The lowest BCUT2D eigenvalue weighted by atomic mass is 9.76. The summed E-state index contributed by atoms with van der Waals surface area (Å²) in [6.45, 7) is 4.70. The van der Waals surface area contributed by atoms with Gasteiger partial charge in [0.15, 0.2) is 5.78 Å². The second-order valence-electron chi connectivity index (χ2n) is 6.06. The fourth-order valence-electron chi connectivity index (χ4n) is 3.22. The van der Waals surface area contributed by atoms with Crippen LogP contribution in [0.25, 0.3) is 0 Å². The molecule has 2 aliphatic heterocycles. The van der Waals surface area contributed by atoms with E-state index in [0.717, 1.165) is 50.2 Å². The van der Waals surface area contributed by atoms with E-state index in [-0.39, 0.29) is 17.3 Å². The van der Waals surface area contributed by atoms with Crippen molar-refractivity contribution >= 4 is 17.5 Å². The number of hydrogen-bond donors (Lipinski definition) is 1. The fourth-order valence-corrected chi connectivity index (χ4v) is 4.60. The van der Waals surface area contributed by atoms with Crippen LogP contribution in [0.5, 0.6) is 0 Å². The molecule has 18 heavy (non-hydrogen) atoms. The summed E-state index contributed by atoms with van der Waals surface area (Å²) in [4.78, 5) is 12.6. The van der Waals surface area contributed by atoms with E-state index in [9.17, 15) is 4.79 Å². The molecule has 4 heteroatoms. The molecule has 0 radical (unpaired) electrons. The number of ketones is 1. The summed E-state index contributed by atoms with van der Waals surface area (Å²) in [5.41, 5.74) is 5.52. The van der Waals surface area contributed by atoms with E-state index in [0.29, 0.717) is 0 Å². The molecule has 0 aromatic carbocycles. The number of carbonyl (C=O) groups is 1. The first-order chi connectivity index (χ1) is 8.49. The average molecular weight is 271 g/mol. The lowest BCUT2D eigenvalue weighted by molar-refractivity contribution is -0.138. The van der Waals surface area contributed by atoms with E-state index in [1.54, 1.807) is 0 Å². The number of ether oxygens (including phenoxy) is 1. The van der Waals surface area contributed by atoms with Crippen molar-refractivity contribution in [3.63, 3.8) is 0 Å². The Hall–Kier alpha value is -0.0600. The minimum Gasteiger partial charge on any atom is -0.374 e. The van der Waals surface area contributed by atoms with E-state index in [1.807, 2.05) is 18.7 Å². The van der Waals surface area contributed by atoms with Gasteiger partial charge in [-0.05, 0) is 38.4 Å². The second kappa shape index (κ2) is 5.51. The van der Waals surface area contributed by atoms with Gasteiger partial charge in [0, 0.05) is 18.3 Å². The van der Waals surface area contributed by atoms with Gasteiger partial charge in [0.05, 0.1) is 11.1 Å². The molecule has 0 aromatic heterocycles. The van der Waals surface area contributed by atoms with Gasteiger partial charge in [-0.2, -0.15) is 11.8 Å².